The molecule has 1 fully saturated rings. The maximum Gasteiger partial charge on any atom is 0.303 e. The summed E-state index contributed by atoms with van der Waals surface area (Å²) >= 11 is 0. The van der Waals surface area contributed by atoms with Crippen LogP contribution in [0.15, 0.2) is 6.20 Å². The molecule has 0 amide bonds. The van der Waals surface area contributed by atoms with Crippen molar-refractivity contribution >= 4 is 5.97 Å². The van der Waals surface area contributed by atoms with Gasteiger partial charge in [0, 0.05) is 25.6 Å². The first-order valence-corrected chi connectivity index (χ1v) is 6.40. The van der Waals surface area contributed by atoms with Crippen molar-refractivity contribution < 1.29 is 9.90 Å². The van der Waals surface area contributed by atoms with Gasteiger partial charge in [0.1, 0.15) is 5.82 Å². The number of aromatic nitrogens is 2. The number of aryl methyl sites for hydroxylation is 2. The topological polar surface area (TPSA) is 55.1 Å². The average Bonchev–Trinajstić information content (AvgIpc) is 2.69. The van der Waals surface area contributed by atoms with E-state index >= 15 is 0 Å². The quantitative estimate of drug-likeness (QED) is 0.873. The van der Waals surface area contributed by atoms with Crippen molar-refractivity contribution in [2.75, 3.05) is 0 Å². The maximum atomic E-state index is 10.5. The molecule has 4 nitrogen and oxygen atoms in total. The summed E-state index contributed by atoms with van der Waals surface area (Å²) in [5, 5.41) is 8.67. The number of imidazole rings is 1. The summed E-state index contributed by atoms with van der Waals surface area (Å²) in [7, 11) is 2.02. The van der Waals surface area contributed by atoms with E-state index in [9.17, 15) is 4.79 Å². The Bertz CT molecular complexity index is 392. The molecule has 1 aliphatic carbocycles. The molecule has 0 spiro atoms. The van der Waals surface area contributed by atoms with Crippen molar-refractivity contribution in [2.45, 2.75) is 50.9 Å². The Kier molecular flexibility index (Phi) is 3.82. The first-order valence-electron chi connectivity index (χ1n) is 6.40. The van der Waals surface area contributed by atoms with E-state index in [1.54, 1.807) is 0 Å². The van der Waals surface area contributed by atoms with Crippen molar-refractivity contribution in [1.82, 2.24) is 9.55 Å². The van der Waals surface area contributed by atoms with Gasteiger partial charge >= 0.3 is 5.97 Å². The van der Waals surface area contributed by atoms with Gasteiger partial charge in [0.05, 0.1) is 12.1 Å². The molecule has 0 radical (unpaired) electrons. The minimum Gasteiger partial charge on any atom is -0.481 e. The SMILES string of the molecule is Cn1cc(CCC(=O)O)nc1C1CCCCC1. The summed E-state index contributed by atoms with van der Waals surface area (Å²) in [6.45, 7) is 0. The lowest BCUT2D eigenvalue weighted by atomic mass is 9.89. The first kappa shape index (κ1) is 12.1. The Hall–Kier alpha value is -1.32. The zero-order chi connectivity index (χ0) is 12.3. The molecule has 1 aliphatic rings. The summed E-state index contributed by atoms with van der Waals surface area (Å²) in [6.07, 6.45) is 9.06. The predicted molar refractivity (Wildman–Crippen MR) is 65.0 cm³/mol. The van der Waals surface area contributed by atoms with E-state index in [-0.39, 0.29) is 6.42 Å². The summed E-state index contributed by atoms with van der Waals surface area (Å²) in [6, 6.07) is 0. The number of hydrogen-bond acceptors (Lipinski definition) is 2. The van der Waals surface area contributed by atoms with Gasteiger partial charge in [-0.15, -0.1) is 0 Å². The monoisotopic (exact) mass is 236 g/mol. The molecule has 1 heterocycles. The van der Waals surface area contributed by atoms with Gasteiger partial charge in [-0.1, -0.05) is 19.3 Å². The van der Waals surface area contributed by atoms with E-state index < -0.39 is 5.97 Å². The molecule has 94 valence electrons. The fourth-order valence-corrected chi connectivity index (χ4v) is 2.64. The minimum absolute atomic E-state index is 0.168. The average molecular weight is 236 g/mol. The van der Waals surface area contributed by atoms with Gasteiger partial charge < -0.3 is 9.67 Å². The van der Waals surface area contributed by atoms with Gasteiger partial charge in [-0.05, 0) is 12.8 Å². The molecule has 0 atom stereocenters. The van der Waals surface area contributed by atoms with Gasteiger partial charge in [0.15, 0.2) is 0 Å². The fourth-order valence-electron chi connectivity index (χ4n) is 2.64. The molecule has 1 aromatic rings. The molecule has 0 aliphatic heterocycles. The Morgan fingerprint density at radius 2 is 2.18 bits per heavy atom. The van der Waals surface area contributed by atoms with Crippen LogP contribution < -0.4 is 0 Å². The van der Waals surface area contributed by atoms with Crippen LogP contribution in [0.25, 0.3) is 0 Å². The second-order valence-corrected chi connectivity index (χ2v) is 4.93. The van der Waals surface area contributed by atoms with Gasteiger partial charge in [0.2, 0.25) is 0 Å². The molecule has 1 N–H and O–H groups in total. The number of aliphatic carboxylic acids is 1. The normalized spacial score (nSPS) is 17.2. The molecule has 0 bridgehead atoms. The maximum absolute atomic E-state index is 10.5. The van der Waals surface area contributed by atoms with E-state index in [0.717, 1.165) is 11.5 Å². The zero-order valence-electron chi connectivity index (χ0n) is 10.4. The van der Waals surface area contributed by atoms with Crippen molar-refractivity contribution in [3.63, 3.8) is 0 Å². The third-order valence-electron chi connectivity index (χ3n) is 3.53. The van der Waals surface area contributed by atoms with Gasteiger partial charge in [-0.25, -0.2) is 4.98 Å². The molecule has 1 aromatic heterocycles. The number of rotatable bonds is 4. The van der Waals surface area contributed by atoms with E-state index in [0.29, 0.717) is 12.3 Å². The zero-order valence-corrected chi connectivity index (χ0v) is 10.4. The number of carboxylic acids is 1. The van der Waals surface area contributed by atoms with Crippen LogP contribution in [0.5, 0.6) is 0 Å². The lowest BCUT2D eigenvalue weighted by molar-refractivity contribution is -0.136. The Morgan fingerprint density at radius 1 is 1.47 bits per heavy atom. The van der Waals surface area contributed by atoms with Crippen LogP contribution >= 0.6 is 0 Å². The third kappa shape index (κ3) is 3.08. The van der Waals surface area contributed by atoms with Crippen LogP contribution in [0.4, 0.5) is 0 Å². The minimum atomic E-state index is -0.755. The lowest BCUT2D eigenvalue weighted by Gasteiger charge is -2.20. The Balaban J connectivity index is 2.04. The largest absolute Gasteiger partial charge is 0.481 e. The van der Waals surface area contributed by atoms with Crippen LogP contribution in [-0.2, 0) is 18.3 Å². The summed E-state index contributed by atoms with van der Waals surface area (Å²) < 4.78 is 2.08. The molecule has 2 rings (SSSR count). The molecular formula is C13H20N2O2. The van der Waals surface area contributed by atoms with Crippen LogP contribution in [0, 0.1) is 0 Å². The third-order valence-corrected chi connectivity index (χ3v) is 3.53. The molecule has 0 unspecified atom stereocenters. The smallest absolute Gasteiger partial charge is 0.303 e. The predicted octanol–water partition coefficient (Wildman–Crippen LogP) is 2.49. The summed E-state index contributed by atoms with van der Waals surface area (Å²) in [4.78, 5) is 15.1. The van der Waals surface area contributed by atoms with Crippen molar-refractivity contribution in [3.8, 4) is 0 Å². The Labute approximate surface area is 102 Å². The van der Waals surface area contributed by atoms with Gasteiger partial charge in [-0.3, -0.25) is 4.79 Å². The van der Waals surface area contributed by atoms with Crippen molar-refractivity contribution in [2.24, 2.45) is 7.05 Å². The van der Waals surface area contributed by atoms with Crippen molar-refractivity contribution in [1.29, 1.82) is 0 Å². The van der Waals surface area contributed by atoms with Crippen molar-refractivity contribution in [3.05, 3.63) is 17.7 Å². The highest BCUT2D eigenvalue weighted by Crippen LogP contribution is 2.31. The van der Waals surface area contributed by atoms with E-state index in [4.69, 9.17) is 5.11 Å². The first-order chi connectivity index (χ1) is 8.16. The Morgan fingerprint density at radius 3 is 2.82 bits per heavy atom. The number of carbonyl (C=O) groups is 1. The van der Waals surface area contributed by atoms with Crippen LogP contribution in [0.3, 0.4) is 0 Å². The van der Waals surface area contributed by atoms with Gasteiger partial charge in [0.25, 0.3) is 0 Å². The van der Waals surface area contributed by atoms with E-state index in [1.165, 1.54) is 32.1 Å². The molecule has 4 heteroatoms. The number of hydrogen-bond donors (Lipinski definition) is 1. The number of nitrogens with zero attached hydrogens (tertiary/aromatic N) is 2. The fraction of sp³-hybridized carbons (Fsp3) is 0.692. The van der Waals surface area contributed by atoms with E-state index in [1.807, 2.05) is 13.2 Å². The highest BCUT2D eigenvalue weighted by molar-refractivity contribution is 5.66. The van der Waals surface area contributed by atoms with Crippen LogP contribution in [0.2, 0.25) is 0 Å². The summed E-state index contributed by atoms with van der Waals surface area (Å²) in [5.74, 6) is 0.965. The molecule has 0 saturated heterocycles. The lowest BCUT2D eigenvalue weighted by Crippen LogP contribution is -2.09. The second-order valence-electron chi connectivity index (χ2n) is 4.93. The highest BCUT2D eigenvalue weighted by Gasteiger charge is 2.20. The standard InChI is InChI=1S/C13H20N2O2/c1-15-9-11(7-8-12(16)17)14-13(15)10-5-3-2-4-6-10/h9-10H,2-8H2,1H3,(H,16,17). The summed E-state index contributed by atoms with van der Waals surface area (Å²) in [5.41, 5.74) is 0.912. The van der Waals surface area contributed by atoms with Gasteiger partial charge in [-0.2, -0.15) is 0 Å². The molecule has 0 aromatic carbocycles. The molecular weight excluding hydrogens is 216 g/mol. The second kappa shape index (κ2) is 5.34. The number of carboxylic acid groups (broad SMARTS) is 1. The highest BCUT2D eigenvalue weighted by atomic mass is 16.4. The molecule has 1 saturated carbocycles. The van der Waals surface area contributed by atoms with E-state index in [2.05, 4.69) is 9.55 Å². The van der Waals surface area contributed by atoms with Crippen LogP contribution in [0.1, 0.15) is 56.0 Å². The molecule has 17 heavy (non-hydrogen) atoms. The van der Waals surface area contributed by atoms with Crippen LogP contribution in [-0.4, -0.2) is 20.6 Å².